The molecule has 0 unspecified atom stereocenters. The van der Waals surface area contributed by atoms with Crippen molar-refractivity contribution in [2.24, 2.45) is 0 Å². The number of benzene rings is 3. The molecule has 0 amide bonds. The molecule has 0 saturated carbocycles. The maximum absolute atomic E-state index is 14.8. The third-order valence-electron chi connectivity index (χ3n) is 5.70. The molecule has 1 aromatic heterocycles. The first-order valence-corrected chi connectivity index (χ1v) is 13.5. The van der Waals surface area contributed by atoms with E-state index in [2.05, 4.69) is 4.98 Å². The van der Waals surface area contributed by atoms with Gasteiger partial charge in [-0.1, -0.05) is 47.5 Å². The molecule has 4 rings (SSSR count). The van der Waals surface area contributed by atoms with Crippen LogP contribution in [-0.4, -0.2) is 34.4 Å². The van der Waals surface area contributed by atoms with E-state index in [1.54, 1.807) is 61.0 Å². The Bertz CT molecular complexity index is 1560. The molecule has 6 nitrogen and oxygen atoms in total. The van der Waals surface area contributed by atoms with Crippen molar-refractivity contribution in [3.05, 3.63) is 87.9 Å². The van der Waals surface area contributed by atoms with Gasteiger partial charge in [0, 0.05) is 12.5 Å². The lowest BCUT2D eigenvalue weighted by Crippen LogP contribution is -2.15. The summed E-state index contributed by atoms with van der Waals surface area (Å²) < 4.78 is 40.8. The summed E-state index contributed by atoms with van der Waals surface area (Å²) in [5.41, 5.74) is 0.996. The third kappa shape index (κ3) is 5.05. The predicted octanol–water partition coefficient (Wildman–Crippen LogP) is 5.78. The molecular weight excluding hydrogens is 526 g/mol. The van der Waals surface area contributed by atoms with Gasteiger partial charge in [0.2, 0.25) is 0 Å². The summed E-state index contributed by atoms with van der Waals surface area (Å²) in [5.74, 6) is -0.418. The van der Waals surface area contributed by atoms with E-state index >= 15 is 0 Å². The molecule has 1 heterocycles. The van der Waals surface area contributed by atoms with Crippen molar-refractivity contribution in [2.75, 3.05) is 6.26 Å². The maximum atomic E-state index is 14.8. The van der Waals surface area contributed by atoms with Crippen molar-refractivity contribution in [3.63, 3.8) is 0 Å². The van der Waals surface area contributed by atoms with Gasteiger partial charge >= 0.3 is 0 Å². The van der Waals surface area contributed by atoms with Crippen LogP contribution in [0.1, 0.15) is 25.1 Å². The standard InChI is InChI=1S/C26H23Cl2FN2O4S/c1-26(2,33)23-13-31(25(30-23)24-18(27)5-4-6-20(24)29)21-10-9-15(11-19(21)28)16-7-8-17(14-32)22(12-16)36(3,34)35/h4-13,32-33H,14H2,1-3H3. The molecule has 0 aliphatic heterocycles. The van der Waals surface area contributed by atoms with Crippen molar-refractivity contribution in [3.8, 4) is 28.2 Å². The fraction of sp³-hybridized carbons (Fsp3) is 0.192. The van der Waals surface area contributed by atoms with Crippen LogP contribution in [0.25, 0.3) is 28.2 Å². The lowest BCUT2D eigenvalue weighted by Gasteiger charge is -2.14. The smallest absolute Gasteiger partial charge is 0.175 e. The Morgan fingerprint density at radius 2 is 1.69 bits per heavy atom. The lowest BCUT2D eigenvalue weighted by molar-refractivity contribution is 0.0743. The Labute approximate surface area is 218 Å². The SMILES string of the molecule is CC(C)(O)c1cn(-c2ccc(-c3ccc(CO)c(S(C)(=O)=O)c3)cc2Cl)c(-c2c(F)cccc2Cl)n1. The van der Waals surface area contributed by atoms with Gasteiger partial charge in [-0.25, -0.2) is 17.8 Å². The summed E-state index contributed by atoms with van der Waals surface area (Å²) in [6.45, 7) is 2.72. The molecule has 0 bridgehead atoms. The summed E-state index contributed by atoms with van der Waals surface area (Å²) in [6.07, 6.45) is 2.65. The highest BCUT2D eigenvalue weighted by Crippen LogP contribution is 2.37. The molecule has 4 aromatic rings. The van der Waals surface area contributed by atoms with Crippen LogP contribution in [0.2, 0.25) is 10.0 Å². The zero-order chi connectivity index (χ0) is 26.4. The summed E-state index contributed by atoms with van der Waals surface area (Å²) in [5, 5.41) is 20.5. The number of nitrogens with zero attached hydrogens (tertiary/aromatic N) is 2. The fourth-order valence-corrected chi connectivity index (χ4v) is 5.31. The second-order valence-electron chi connectivity index (χ2n) is 8.89. The number of sulfone groups is 1. The van der Waals surface area contributed by atoms with Gasteiger partial charge < -0.3 is 10.2 Å². The molecule has 36 heavy (non-hydrogen) atoms. The van der Waals surface area contributed by atoms with Gasteiger partial charge in [-0.15, -0.1) is 0 Å². The van der Waals surface area contributed by atoms with Crippen LogP contribution in [0.5, 0.6) is 0 Å². The summed E-state index contributed by atoms with van der Waals surface area (Å²) in [4.78, 5) is 4.50. The van der Waals surface area contributed by atoms with Crippen molar-refractivity contribution in [1.82, 2.24) is 9.55 Å². The van der Waals surface area contributed by atoms with Crippen LogP contribution in [0, 0.1) is 5.82 Å². The molecule has 0 fully saturated rings. The van der Waals surface area contributed by atoms with E-state index in [0.717, 1.165) is 6.26 Å². The minimum Gasteiger partial charge on any atom is -0.392 e. The normalized spacial score (nSPS) is 12.2. The Balaban J connectivity index is 1.88. The van der Waals surface area contributed by atoms with Crippen LogP contribution in [0.4, 0.5) is 4.39 Å². The van der Waals surface area contributed by atoms with E-state index < -0.39 is 27.9 Å². The number of hydrogen-bond acceptors (Lipinski definition) is 5. The van der Waals surface area contributed by atoms with E-state index in [1.165, 1.54) is 18.2 Å². The van der Waals surface area contributed by atoms with Gasteiger partial charge in [-0.2, -0.15) is 0 Å². The van der Waals surface area contributed by atoms with E-state index in [4.69, 9.17) is 23.2 Å². The third-order valence-corrected chi connectivity index (χ3v) is 7.49. The molecule has 0 radical (unpaired) electrons. The van der Waals surface area contributed by atoms with Crippen LogP contribution in [0.3, 0.4) is 0 Å². The number of rotatable bonds is 6. The first kappa shape index (κ1) is 26.3. The molecule has 188 valence electrons. The summed E-state index contributed by atoms with van der Waals surface area (Å²) in [7, 11) is -3.57. The van der Waals surface area contributed by atoms with Gasteiger partial charge in [0.15, 0.2) is 9.84 Å². The number of aromatic nitrogens is 2. The number of hydrogen-bond donors (Lipinski definition) is 2. The van der Waals surface area contributed by atoms with Crippen molar-refractivity contribution >= 4 is 33.0 Å². The Morgan fingerprint density at radius 3 is 2.28 bits per heavy atom. The maximum Gasteiger partial charge on any atom is 0.175 e. The Hall–Kier alpha value is -2.75. The van der Waals surface area contributed by atoms with Gasteiger partial charge in [-0.3, -0.25) is 4.57 Å². The number of aliphatic hydroxyl groups excluding tert-OH is 1. The zero-order valence-corrected chi connectivity index (χ0v) is 22.0. The van der Waals surface area contributed by atoms with Gasteiger partial charge in [-0.05, 0) is 60.9 Å². The van der Waals surface area contributed by atoms with E-state index in [0.29, 0.717) is 22.4 Å². The van der Waals surface area contributed by atoms with E-state index in [9.17, 15) is 23.0 Å². The van der Waals surface area contributed by atoms with Crippen molar-refractivity contribution in [2.45, 2.75) is 31.0 Å². The van der Waals surface area contributed by atoms with Gasteiger partial charge in [0.1, 0.15) is 17.2 Å². The number of imidazole rings is 1. The molecule has 0 aliphatic rings. The van der Waals surface area contributed by atoms with Gasteiger partial charge in [0.25, 0.3) is 0 Å². The van der Waals surface area contributed by atoms with Crippen LogP contribution < -0.4 is 0 Å². The molecular formula is C26H23Cl2FN2O4S. The first-order chi connectivity index (χ1) is 16.8. The average Bonchev–Trinajstić information content (AvgIpc) is 3.23. The average molecular weight is 549 g/mol. The largest absolute Gasteiger partial charge is 0.392 e. The molecule has 10 heteroatoms. The van der Waals surface area contributed by atoms with Crippen molar-refractivity contribution < 1.29 is 23.0 Å². The highest BCUT2D eigenvalue weighted by Gasteiger charge is 2.26. The van der Waals surface area contributed by atoms with Gasteiger partial charge in [0.05, 0.1) is 38.5 Å². The topological polar surface area (TPSA) is 92.4 Å². The second kappa shape index (κ2) is 9.61. The summed E-state index contributed by atoms with van der Waals surface area (Å²) in [6, 6.07) is 14.1. The highest BCUT2D eigenvalue weighted by atomic mass is 35.5. The fourth-order valence-electron chi connectivity index (χ4n) is 3.84. The Kier molecular flexibility index (Phi) is 7.02. The lowest BCUT2D eigenvalue weighted by atomic mass is 10.0. The molecule has 0 spiro atoms. The highest BCUT2D eigenvalue weighted by molar-refractivity contribution is 7.90. The molecule has 0 saturated heterocycles. The minimum absolute atomic E-state index is 0.0311. The molecule has 3 aromatic carbocycles. The zero-order valence-electron chi connectivity index (χ0n) is 19.6. The van der Waals surface area contributed by atoms with Crippen LogP contribution >= 0.6 is 23.2 Å². The number of halogens is 3. The second-order valence-corrected chi connectivity index (χ2v) is 11.7. The first-order valence-electron chi connectivity index (χ1n) is 10.8. The Morgan fingerprint density at radius 1 is 1.03 bits per heavy atom. The predicted molar refractivity (Wildman–Crippen MR) is 139 cm³/mol. The minimum atomic E-state index is -3.57. The van der Waals surface area contributed by atoms with E-state index in [1.807, 2.05) is 0 Å². The molecule has 0 atom stereocenters. The number of aliphatic hydroxyl groups is 2. The molecule has 0 aliphatic carbocycles. The quantitative estimate of drug-likeness (QED) is 0.318. The van der Waals surface area contributed by atoms with E-state index in [-0.39, 0.29) is 32.0 Å². The molecule has 2 N–H and O–H groups in total. The van der Waals surface area contributed by atoms with Crippen LogP contribution in [0.15, 0.2) is 65.7 Å². The van der Waals surface area contributed by atoms with Crippen LogP contribution in [-0.2, 0) is 22.0 Å². The summed E-state index contributed by atoms with van der Waals surface area (Å²) >= 11 is 13.0. The monoisotopic (exact) mass is 548 g/mol. The van der Waals surface area contributed by atoms with Crippen molar-refractivity contribution in [1.29, 1.82) is 0 Å².